The first-order valence-corrected chi connectivity index (χ1v) is 6.19. The van der Waals surface area contributed by atoms with Crippen LogP contribution < -0.4 is 0 Å². The predicted octanol–water partition coefficient (Wildman–Crippen LogP) is 4.05. The van der Waals surface area contributed by atoms with E-state index in [-0.39, 0.29) is 5.97 Å². The van der Waals surface area contributed by atoms with Crippen molar-refractivity contribution < 1.29 is 9.53 Å². The molecular formula is C16H13ClO2. The van der Waals surface area contributed by atoms with Crippen molar-refractivity contribution in [2.45, 2.75) is 0 Å². The number of benzene rings is 2. The van der Waals surface area contributed by atoms with Crippen LogP contribution in [0.2, 0.25) is 5.02 Å². The molecule has 0 aliphatic carbocycles. The van der Waals surface area contributed by atoms with E-state index in [9.17, 15) is 4.79 Å². The molecule has 19 heavy (non-hydrogen) atoms. The fraction of sp³-hybridized carbons (Fsp3) is 0.0625. The molecule has 2 nitrogen and oxygen atoms in total. The number of rotatable bonds is 3. The summed E-state index contributed by atoms with van der Waals surface area (Å²) in [5.74, 6) is -0.369. The van der Waals surface area contributed by atoms with E-state index in [1.54, 1.807) is 18.2 Å². The summed E-state index contributed by atoms with van der Waals surface area (Å²) < 4.78 is 4.83. The standard InChI is InChI=1S/C16H13ClO2/c1-19-16(18)15(13-7-3-2-4-8-13)11-12-6-5-9-14(17)10-12/h2-11H,1H3/b15-11+. The summed E-state index contributed by atoms with van der Waals surface area (Å²) in [6.07, 6.45) is 1.77. The second-order valence-electron chi connectivity index (χ2n) is 3.97. The number of halogens is 1. The van der Waals surface area contributed by atoms with Crippen molar-refractivity contribution in [2.75, 3.05) is 7.11 Å². The van der Waals surface area contributed by atoms with Gasteiger partial charge < -0.3 is 4.74 Å². The summed E-state index contributed by atoms with van der Waals surface area (Å²) in [6, 6.07) is 16.7. The minimum Gasteiger partial charge on any atom is -0.465 e. The van der Waals surface area contributed by atoms with Crippen LogP contribution in [0.1, 0.15) is 11.1 Å². The molecule has 0 unspecified atom stereocenters. The Morgan fingerprint density at radius 1 is 1.11 bits per heavy atom. The third kappa shape index (κ3) is 3.46. The summed E-state index contributed by atoms with van der Waals surface area (Å²) in [5.41, 5.74) is 2.18. The zero-order valence-electron chi connectivity index (χ0n) is 10.5. The summed E-state index contributed by atoms with van der Waals surface area (Å²) in [6.45, 7) is 0. The maximum Gasteiger partial charge on any atom is 0.338 e. The van der Waals surface area contributed by atoms with Crippen LogP contribution in [0.4, 0.5) is 0 Å². The molecule has 96 valence electrons. The van der Waals surface area contributed by atoms with Gasteiger partial charge in [-0.25, -0.2) is 4.79 Å². The van der Waals surface area contributed by atoms with Crippen molar-refractivity contribution in [1.82, 2.24) is 0 Å². The lowest BCUT2D eigenvalue weighted by molar-refractivity contribution is -0.133. The Balaban J connectivity index is 2.47. The molecule has 0 fully saturated rings. The maximum atomic E-state index is 11.9. The highest BCUT2D eigenvalue weighted by molar-refractivity contribution is 6.30. The van der Waals surface area contributed by atoms with E-state index in [1.807, 2.05) is 42.5 Å². The smallest absolute Gasteiger partial charge is 0.338 e. The molecule has 3 heteroatoms. The molecule has 0 aliphatic rings. The van der Waals surface area contributed by atoms with Gasteiger partial charge in [0.25, 0.3) is 0 Å². The number of carbonyl (C=O) groups is 1. The zero-order valence-corrected chi connectivity index (χ0v) is 11.2. The fourth-order valence-electron chi connectivity index (χ4n) is 1.75. The van der Waals surface area contributed by atoms with E-state index in [1.165, 1.54) is 7.11 Å². The Labute approximate surface area is 117 Å². The van der Waals surface area contributed by atoms with Crippen molar-refractivity contribution in [1.29, 1.82) is 0 Å². The van der Waals surface area contributed by atoms with Crippen LogP contribution in [0.5, 0.6) is 0 Å². The van der Waals surface area contributed by atoms with Crippen LogP contribution in [0, 0.1) is 0 Å². The lowest BCUT2D eigenvalue weighted by Gasteiger charge is -2.06. The topological polar surface area (TPSA) is 26.3 Å². The molecule has 0 heterocycles. The molecule has 0 radical (unpaired) electrons. The van der Waals surface area contributed by atoms with E-state index in [4.69, 9.17) is 16.3 Å². The average molecular weight is 273 g/mol. The van der Waals surface area contributed by atoms with Crippen LogP contribution in [0.15, 0.2) is 54.6 Å². The summed E-state index contributed by atoms with van der Waals surface area (Å²) in [7, 11) is 1.37. The van der Waals surface area contributed by atoms with Gasteiger partial charge in [-0.1, -0.05) is 54.1 Å². The monoisotopic (exact) mass is 272 g/mol. The molecule has 0 N–H and O–H groups in total. The van der Waals surface area contributed by atoms with Crippen LogP contribution >= 0.6 is 11.6 Å². The number of hydrogen-bond donors (Lipinski definition) is 0. The highest BCUT2D eigenvalue weighted by Crippen LogP contribution is 2.21. The average Bonchev–Trinajstić information content (AvgIpc) is 2.45. The van der Waals surface area contributed by atoms with Crippen molar-refractivity contribution >= 4 is 29.2 Å². The highest BCUT2D eigenvalue weighted by Gasteiger charge is 2.11. The summed E-state index contributed by atoms with van der Waals surface area (Å²) in [4.78, 5) is 11.9. The van der Waals surface area contributed by atoms with Gasteiger partial charge in [-0.3, -0.25) is 0 Å². The molecule has 0 saturated heterocycles. The molecule has 2 rings (SSSR count). The fourth-order valence-corrected chi connectivity index (χ4v) is 1.95. The van der Waals surface area contributed by atoms with Gasteiger partial charge in [-0.05, 0) is 29.3 Å². The summed E-state index contributed by atoms with van der Waals surface area (Å²) in [5, 5.41) is 0.631. The number of methoxy groups -OCH3 is 1. The molecule has 2 aromatic carbocycles. The number of esters is 1. The van der Waals surface area contributed by atoms with Crippen molar-refractivity contribution in [3.63, 3.8) is 0 Å². The molecule has 0 atom stereocenters. The van der Waals surface area contributed by atoms with E-state index >= 15 is 0 Å². The second kappa shape index (κ2) is 6.21. The third-order valence-electron chi connectivity index (χ3n) is 2.65. The van der Waals surface area contributed by atoms with E-state index in [0.717, 1.165) is 11.1 Å². The predicted molar refractivity (Wildman–Crippen MR) is 77.8 cm³/mol. The quantitative estimate of drug-likeness (QED) is 0.479. The van der Waals surface area contributed by atoms with Gasteiger partial charge in [-0.2, -0.15) is 0 Å². The number of carbonyl (C=O) groups excluding carboxylic acids is 1. The van der Waals surface area contributed by atoms with Crippen molar-refractivity contribution in [3.05, 3.63) is 70.7 Å². The lowest BCUT2D eigenvalue weighted by atomic mass is 10.0. The van der Waals surface area contributed by atoms with Crippen LogP contribution in [-0.2, 0) is 9.53 Å². The number of hydrogen-bond acceptors (Lipinski definition) is 2. The van der Waals surface area contributed by atoms with Gasteiger partial charge in [-0.15, -0.1) is 0 Å². The van der Waals surface area contributed by atoms with Gasteiger partial charge in [0.15, 0.2) is 0 Å². The third-order valence-corrected chi connectivity index (χ3v) is 2.88. The van der Waals surface area contributed by atoms with Gasteiger partial charge in [0.2, 0.25) is 0 Å². The number of ether oxygens (including phenoxy) is 1. The minimum atomic E-state index is -0.369. The van der Waals surface area contributed by atoms with Gasteiger partial charge in [0.05, 0.1) is 12.7 Å². The molecule has 0 aromatic heterocycles. The Hall–Kier alpha value is -2.06. The first kappa shape index (κ1) is 13.4. The van der Waals surface area contributed by atoms with Crippen LogP contribution in [0.25, 0.3) is 11.6 Å². The molecule has 0 aliphatic heterocycles. The second-order valence-corrected chi connectivity index (χ2v) is 4.41. The summed E-state index contributed by atoms with van der Waals surface area (Å²) >= 11 is 5.94. The van der Waals surface area contributed by atoms with Gasteiger partial charge in [0.1, 0.15) is 0 Å². The first-order chi connectivity index (χ1) is 9.20. The highest BCUT2D eigenvalue weighted by atomic mass is 35.5. The SMILES string of the molecule is COC(=O)/C(=C/c1cccc(Cl)c1)c1ccccc1. The minimum absolute atomic E-state index is 0.369. The van der Waals surface area contributed by atoms with Crippen LogP contribution in [0.3, 0.4) is 0 Å². The van der Waals surface area contributed by atoms with Gasteiger partial charge in [0, 0.05) is 5.02 Å². The zero-order chi connectivity index (χ0) is 13.7. The first-order valence-electron chi connectivity index (χ1n) is 5.81. The maximum absolute atomic E-state index is 11.9. The Morgan fingerprint density at radius 2 is 1.84 bits per heavy atom. The molecule has 0 saturated carbocycles. The van der Waals surface area contributed by atoms with Crippen molar-refractivity contribution in [3.8, 4) is 0 Å². The molecule has 0 amide bonds. The van der Waals surface area contributed by atoms with E-state index < -0.39 is 0 Å². The Kier molecular flexibility index (Phi) is 4.37. The Morgan fingerprint density at radius 3 is 2.47 bits per heavy atom. The Bertz CT molecular complexity index is 603. The molecular weight excluding hydrogens is 260 g/mol. The van der Waals surface area contributed by atoms with Crippen molar-refractivity contribution in [2.24, 2.45) is 0 Å². The van der Waals surface area contributed by atoms with E-state index in [0.29, 0.717) is 10.6 Å². The molecule has 0 spiro atoms. The molecule has 0 bridgehead atoms. The van der Waals surface area contributed by atoms with E-state index in [2.05, 4.69) is 0 Å². The largest absolute Gasteiger partial charge is 0.465 e. The van der Waals surface area contributed by atoms with Crippen LogP contribution in [-0.4, -0.2) is 13.1 Å². The normalized spacial score (nSPS) is 11.2. The lowest BCUT2D eigenvalue weighted by Crippen LogP contribution is -2.03. The molecule has 2 aromatic rings. The van der Waals surface area contributed by atoms with Gasteiger partial charge >= 0.3 is 5.97 Å².